The highest BCUT2D eigenvalue weighted by molar-refractivity contribution is 7.91. The minimum atomic E-state index is -3.82. The third-order valence-corrected chi connectivity index (χ3v) is 8.74. The van der Waals surface area contributed by atoms with Crippen LogP contribution in [0.4, 0.5) is 24.4 Å². The summed E-state index contributed by atoms with van der Waals surface area (Å²) in [6.45, 7) is 2.35. The van der Waals surface area contributed by atoms with E-state index in [4.69, 9.17) is 5.11 Å². The van der Waals surface area contributed by atoms with Crippen LogP contribution in [0.3, 0.4) is 0 Å². The molecule has 186 valence electrons. The number of rotatable bonds is 8. The molecule has 0 bridgehead atoms. The number of carbonyl (C=O) groups is 1. The molecule has 0 saturated carbocycles. The Morgan fingerprint density at radius 3 is 2.54 bits per heavy atom. The molecule has 8 nitrogen and oxygen atoms in total. The number of anilines is 2. The number of amides is 2. The van der Waals surface area contributed by atoms with E-state index >= 15 is 0 Å². The number of nitrogens with one attached hydrogen (secondary N) is 1. The van der Waals surface area contributed by atoms with Crippen molar-refractivity contribution in [3.8, 4) is 11.1 Å². The molecule has 1 aliphatic rings. The molecule has 12 heteroatoms. The predicted octanol–water partition coefficient (Wildman–Crippen LogP) is 3.89. The lowest BCUT2D eigenvalue weighted by Crippen LogP contribution is -2.49. The van der Waals surface area contributed by atoms with E-state index in [0.717, 1.165) is 29.5 Å². The number of aromatic nitrogens is 1. The van der Waals surface area contributed by atoms with E-state index in [2.05, 4.69) is 9.71 Å². The number of nitrogens with zero attached hydrogens (tertiary/aromatic N) is 3. The van der Waals surface area contributed by atoms with Gasteiger partial charge in [-0.3, -0.25) is 9.80 Å². The van der Waals surface area contributed by atoms with Gasteiger partial charge in [0.2, 0.25) is 0 Å². The van der Waals surface area contributed by atoms with Gasteiger partial charge in [-0.15, -0.1) is 0 Å². The average Bonchev–Trinajstić information content (AvgIpc) is 3.23. The molecule has 0 atom stereocenters. The molecule has 2 aromatic carbocycles. The molecule has 2 heterocycles. The van der Waals surface area contributed by atoms with Gasteiger partial charge in [0.25, 0.3) is 10.0 Å². The normalized spacial score (nSPS) is 14.6. The fourth-order valence-corrected chi connectivity index (χ4v) is 6.40. The van der Waals surface area contributed by atoms with Gasteiger partial charge >= 0.3 is 6.03 Å². The third kappa shape index (κ3) is 5.35. The summed E-state index contributed by atoms with van der Waals surface area (Å²) in [7, 11) is -3.82. The van der Waals surface area contributed by atoms with E-state index in [0.29, 0.717) is 30.8 Å². The smallest absolute Gasteiger partial charge is 0.330 e. The van der Waals surface area contributed by atoms with Crippen LogP contribution in [0.1, 0.15) is 18.5 Å². The van der Waals surface area contributed by atoms with Crippen molar-refractivity contribution in [1.29, 1.82) is 0 Å². The van der Waals surface area contributed by atoms with Crippen LogP contribution < -0.4 is 14.5 Å². The molecule has 0 spiro atoms. The summed E-state index contributed by atoms with van der Waals surface area (Å²) in [5.74, 6) is -1.09. The first-order chi connectivity index (χ1) is 16.7. The maximum atomic E-state index is 14.1. The van der Waals surface area contributed by atoms with Gasteiger partial charge in [-0.05, 0) is 55.7 Å². The van der Waals surface area contributed by atoms with E-state index < -0.39 is 21.7 Å². The van der Waals surface area contributed by atoms with E-state index in [-0.39, 0.29) is 46.2 Å². The molecule has 2 N–H and O–H groups in total. The fraction of sp³-hybridized carbons (Fsp3) is 0.304. The van der Waals surface area contributed by atoms with E-state index in [9.17, 15) is 22.0 Å². The number of urea groups is 1. The van der Waals surface area contributed by atoms with Gasteiger partial charge in [0.1, 0.15) is 11.6 Å². The number of sulfonamides is 1. The van der Waals surface area contributed by atoms with Crippen LogP contribution in [0, 0.1) is 18.6 Å². The second kappa shape index (κ2) is 10.4. The lowest BCUT2D eigenvalue weighted by atomic mass is 10.0. The minimum absolute atomic E-state index is 0.0248. The van der Waals surface area contributed by atoms with Crippen molar-refractivity contribution >= 4 is 38.2 Å². The third-order valence-electron chi connectivity index (χ3n) is 5.49. The summed E-state index contributed by atoms with van der Waals surface area (Å²) in [4.78, 5) is 20.6. The maximum Gasteiger partial charge on any atom is 0.330 e. The number of benzene rings is 2. The standard InChI is InChI=1S/C23H24F2N4O4S2/c1-15-21(35(32,33)26-10-2-13-30)34-22(27-15)29-12-3-11-28(23(29)31)18-7-4-16(5-8-18)19-14-17(24)6-9-20(19)25/h4-9,14,26,30H,2-3,10-13H2,1H3. The molecule has 0 aliphatic carbocycles. The largest absolute Gasteiger partial charge is 0.396 e. The Balaban J connectivity index is 1.55. The number of thiazole rings is 1. The Morgan fingerprint density at radius 2 is 1.83 bits per heavy atom. The van der Waals surface area contributed by atoms with Crippen LogP contribution in [0.5, 0.6) is 0 Å². The van der Waals surface area contributed by atoms with Crippen molar-refractivity contribution in [2.75, 3.05) is 36.0 Å². The quantitative estimate of drug-likeness (QED) is 0.437. The zero-order valence-corrected chi connectivity index (χ0v) is 20.5. The van der Waals surface area contributed by atoms with E-state index in [1.165, 1.54) is 4.90 Å². The van der Waals surface area contributed by atoms with Gasteiger partial charge in [0.15, 0.2) is 9.34 Å². The van der Waals surface area contributed by atoms with Crippen LogP contribution in [-0.4, -0.2) is 50.8 Å². The van der Waals surface area contributed by atoms with Crippen molar-refractivity contribution in [2.24, 2.45) is 0 Å². The molecule has 1 aromatic heterocycles. The van der Waals surface area contributed by atoms with Crippen LogP contribution in [0.15, 0.2) is 46.7 Å². The Morgan fingerprint density at radius 1 is 1.11 bits per heavy atom. The molecule has 1 fully saturated rings. The second-order valence-electron chi connectivity index (χ2n) is 7.95. The molecule has 3 aromatic rings. The lowest BCUT2D eigenvalue weighted by molar-refractivity contribution is 0.248. The molecule has 1 saturated heterocycles. The summed E-state index contributed by atoms with van der Waals surface area (Å²) >= 11 is 0.912. The Bertz CT molecular complexity index is 1330. The van der Waals surface area contributed by atoms with Crippen LogP contribution in [-0.2, 0) is 10.0 Å². The monoisotopic (exact) mass is 522 g/mol. The number of carbonyl (C=O) groups excluding carboxylic acids is 1. The highest BCUT2D eigenvalue weighted by Gasteiger charge is 2.32. The summed E-state index contributed by atoms with van der Waals surface area (Å²) in [6, 6.07) is 9.45. The SMILES string of the molecule is Cc1nc(N2CCCN(c3ccc(-c4cc(F)ccc4F)cc3)C2=O)sc1S(=O)(=O)NCCCO. The number of aryl methyl sites for hydroxylation is 1. The number of halogens is 2. The van der Waals surface area contributed by atoms with Crippen LogP contribution >= 0.6 is 11.3 Å². The number of aliphatic hydroxyl groups excluding tert-OH is 1. The van der Waals surface area contributed by atoms with Crippen LogP contribution in [0.2, 0.25) is 0 Å². The zero-order chi connectivity index (χ0) is 25.2. The van der Waals surface area contributed by atoms with Gasteiger partial charge in [0.05, 0.1) is 5.69 Å². The number of hydrogen-bond acceptors (Lipinski definition) is 6. The highest BCUT2D eigenvalue weighted by Crippen LogP contribution is 2.33. The molecule has 4 rings (SSSR count). The predicted molar refractivity (Wildman–Crippen MR) is 130 cm³/mol. The average molecular weight is 523 g/mol. The highest BCUT2D eigenvalue weighted by atomic mass is 32.2. The molecule has 35 heavy (non-hydrogen) atoms. The van der Waals surface area contributed by atoms with E-state index in [1.807, 2.05) is 0 Å². The van der Waals surface area contributed by atoms with Gasteiger partial charge in [-0.1, -0.05) is 23.5 Å². The Hall–Kier alpha value is -2.93. The van der Waals surface area contributed by atoms with Crippen LogP contribution in [0.25, 0.3) is 11.1 Å². The molecule has 2 amide bonds. The summed E-state index contributed by atoms with van der Waals surface area (Å²) < 4.78 is 55.3. The van der Waals surface area contributed by atoms with Crippen molar-refractivity contribution in [1.82, 2.24) is 9.71 Å². The first-order valence-electron chi connectivity index (χ1n) is 10.9. The number of aliphatic hydroxyl groups is 1. The molecule has 1 aliphatic heterocycles. The van der Waals surface area contributed by atoms with Gasteiger partial charge in [0, 0.05) is 37.5 Å². The number of hydrogen-bond donors (Lipinski definition) is 2. The second-order valence-corrected chi connectivity index (χ2v) is 10.9. The molecule has 0 radical (unpaired) electrons. The molecular formula is C23H24F2N4O4S2. The van der Waals surface area contributed by atoms with E-state index in [1.54, 1.807) is 36.1 Å². The first-order valence-corrected chi connectivity index (χ1v) is 13.2. The van der Waals surface area contributed by atoms with Gasteiger partial charge < -0.3 is 5.11 Å². The van der Waals surface area contributed by atoms with Crippen molar-refractivity contribution in [3.05, 3.63) is 59.8 Å². The maximum absolute atomic E-state index is 14.1. The van der Waals surface area contributed by atoms with Gasteiger partial charge in [-0.25, -0.2) is 31.7 Å². The summed E-state index contributed by atoms with van der Waals surface area (Å²) in [5.41, 5.74) is 1.47. The Kier molecular flexibility index (Phi) is 7.45. The first kappa shape index (κ1) is 25.2. The lowest BCUT2D eigenvalue weighted by Gasteiger charge is -2.34. The van der Waals surface area contributed by atoms with Crippen molar-refractivity contribution in [2.45, 2.75) is 24.0 Å². The summed E-state index contributed by atoms with van der Waals surface area (Å²) in [6.07, 6.45) is 0.912. The van der Waals surface area contributed by atoms with Gasteiger partial charge in [-0.2, -0.15) is 0 Å². The zero-order valence-electron chi connectivity index (χ0n) is 18.9. The molecular weight excluding hydrogens is 498 g/mol. The topological polar surface area (TPSA) is 103 Å². The summed E-state index contributed by atoms with van der Waals surface area (Å²) in [5, 5.41) is 9.16. The Labute approximate surface area is 205 Å². The fourth-order valence-electron chi connectivity index (χ4n) is 3.77. The van der Waals surface area contributed by atoms with Crippen molar-refractivity contribution in [3.63, 3.8) is 0 Å². The molecule has 0 unspecified atom stereocenters. The van der Waals surface area contributed by atoms with Crippen molar-refractivity contribution < 1.29 is 27.1 Å². The minimum Gasteiger partial charge on any atom is -0.396 e.